The molecule has 3 rings (SSSR count). The average molecular weight is 280 g/mol. The average Bonchev–Trinajstić information content (AvgIpc) is 2.88. The van der Waals surface area contributed by atoms with E-state index in [2.05, 4.69) is 4.98 Å². The van der Waals surface area contributed by atoms with E-state index in [0.29, 0.717) is 12.3 Å². The lowest BCUT2D eigenvalue weighted by atomic mass is 10.1. The van der Waals surface area contributed by atoms with E-state index in [-0.39, 0.29) is 5.97 Å². The molecule has 3 aromatic rings. The number of hydrogen-bond donors (Lipinski definition) is 0. The largest absolute Gasteiger partial charge is 0.461 e. The van der Waals surface area contributed by atoms with E-state index < -0.39 is 0 Å². The van der Waals surface area contributed by atoms with Gasteiger partial charge < -0.3 is 4.74 Å². The van der Waals surface area contributed by atoms with Gasteiger partial charge in [-0.3, -0.25) is 4.40 Å². The highest BCUT2D eigenvalue weighted by Crippen LogP contribution is 2.25. The number of hydrogen-bond acceptors (Lipinski definition) is 3. The molecule has 0 atom stereocenters. The van der Waals surface area contributed by atoms with Crippen molar-refractivity contribution in [1.29, 1.82) is 0 Å². The molecular formula is C17H16N2O2. The van der Waals surface area contributed by atoms with Gasteiger partial charge in [0, 0.05) is 11.8 Å². The second-order valence-corrected chi connectivity index (χ2v) is 4.78. The molecule has 106 valence electrons. The van der Waals surface area contributed by atoms with Crippen LogP contribution < -0.4 is 0 Å². The summed E-state index contributed by atoms with van der Waals surface area (Å²) in [5.41, 5.74) is 3.24. The Bertz CT molecular complexity index is 805. The third-order valence-corrected chi connectivity index (χ3v) is 3.40. The minimum atomic E-state index is -0.388. The number of benzene rings is 1. The number of fused-ring (bicyclic) bond motifs is 1. The Morgan fingerprint density at radius 3 is 2.71 bits per heavy atom. The number of esters is 1. The Labute approximate surface area is 123 Å². The van der Waals surface area contributed by atoms with Gasteiger partial charge in [0.25, 0.3) is 0 Å². The molecule has 4 heteroatoms. The van der Waals surface area contributed by atoms with Crippen LogP contribution in [0.25, 0.3) is 16.9 Å². The molecule has 2 aromatic heterocycles. The highest BCUT2D eigenvalue weighted by atomic mass is 16.5. The number of carbonyl (C=O) groups excluding carboxylic acids is 1. The molecule has 0 unspecified atom stereocenters. The molecule has 4 nitrogen and oxygen atoms in total. The summed E-state index contributed by atoms with van der Waals surface area (Å²) in [7, 11) is 0. The van der Waals surface area contributed by atoms with Crippen molar-refractivity contribution in [3.8, 4) is 11.4 Å². The van der Waals surface area contributed by atoms with Crippen LogP contribution in [-0.2, 0) is 4.74 Å². The van der Waals surface area contributed by atoms with Crippen LogP contribution in [-0.4, -0.2) is 22.0 Å². The van der Waals surface area contributed by atoms with Gasteiger partial charge in [0.05, 0.1) is 12.1 Å². The fourth-order valence-electron chi connectivity index (χ4n) is 2.40. The molecule has 0 bridgehead atoms. The molecule has 0 spiro atoms. The van der Waals surface area contributed by atoms with Crippen LogP contribution in [0.15, 0.2) is 48.7 Å². The van der Waals surface area contributed by atoms with E-state index in [4.69, 9.17) is 4.74 Å². The normalized spacial score (nSPS) is 10.8. The van der Waals surface area contributed by atoms with Crippen LogP contribution in [0.1, 0.15) is 23.0 Å². The molecule has 0 radical (unpaired) electrons. The van der Waals surface area contributed by atoms with Gasteiger partial charge >= 0.3 is 5.97 Å². The van der Waals surface area contributed by atoms with Crippen LogP contribution in [0.3, 0.4) is 0 Å². The summed E-state index contributed by atoms with van der Waals surface area (Å²) in [5.74, 6) is 0.368. The van der Waals surface area contributed by atoms with E-state index in [1.807, 2.05) is 60.0 Å². The fraction of sp³-hybridized carbons (Fsp3) is 0.176. The Morgan fingerprint density at radius 2 is 1.95 bits per heavy atom. The molecule has 0 aliphatic heterocycles. The van der Waals surface area contributed by atoms with Gasteiger partial charge in [0.1, 0.15) is 5.82 Å². The van der Waals surface area contributed by atoms with Crippen molar-refractivity contribution >= 4 is 11.5 Å². The van der Waals surface area contributed by atoms with E-state index in [1.54, 1.807) is 6.92 Å². The summed E-state index contributed by atoms with van der Waals surface area (Å²) in [5, 5.41) is 0. The van der Waals surface area contributed by atoms with Crippen LogP contribution in [0.5, 0.6) is 0 Å². The Morgan fingerprint density at radius 1 is 1.19 bits per heavy atom. The first-order valence-electron chi connectivity index (χ1n) is 6.92. The zero-order chi connectivity index (χ0) is 14.8. The number of rotatable bonds is 3. The lowest BCUT2D eigenvalue weighted by molar-refractivity contribution is 0.0522. The standard InChI is InChI=1S/C17H16N2O2/c1-3-21-17(20)15-14-10-6-7-11-19(14)16(18-15)13-9-5-4-8-12(13)2/h4-11H,3H2,1-2H3. The number of aromatic nitrogens is 2. The molecule has 0 fully saturated rings. The predicted octanol–water partition coefficient (Wildman–Crippen LogP) is 3.49. The van der Waals surface area contributed by atoms with Gasteiger partial charge in [0.15, 0.2) is 5.69 Å². The molecule has 21 heavy (non-hydrogen) atoms. The highest BCUT2D eigenvalue weighted by Gasteiger charge is 2.19. The summed E-state index contributed by atoms with van der Waals surface area (Å²) >= 11 is 0. The first-order valence-corrected chi connectivity index (χ1v) is 6.92. The van der Waals surface area contributed by atoms with Crippen molar-refractivity contribution in [3.63, 3.8) is 0 Å². The van der Waals surface area contributed by atoms with Gasteiger partial charge in [-0.15, -0.1) is 0 Å². The highest BCUT2D eigenvalue weighted by molar-refractivity contribution is 5.96. The molecule has 0 aliphatic carbocycles. The Kier molecular flexibility index (Phi) is 3.44. The quantitative estimate of drug-likeness (QED) is 0.690. The van der Waals surface area contributed by atoms with E-state index in [0.717, 1.165) is 22.5 Å². The third-order valence-electron chi connectivity index (χ3n) is 3.40. The molecule has 0 saturated heterocycles. The first-order chi connectivity index (χ1) is 10.2. The van der Waals surface area contributed by atoms with Crippen molar-refractivity contribution in [3.05, 3.63) is 59.9 Å². The Hall–Kier alpha value is -2.62. The molecule has 0 N–H and O–H groups in total. The summed E-state index contributed by atoms with van der Waals surface area (Å²) in [4.78, 5) is 16.6. The van der Waals surface area contributed by atoms with Crippen LogP contribution in [0.4, 0.5) is 0 Å². The topological polar surface area (TPSA) is 43.6 Å². The van der Waals surface area contributed by atoms with Crippen LogP contribution >= 0.6 is 0 Å². The summed E-state index contributed by atoms with van der Waals surface area (Å²) < 4.78 is 7.03. The van der Waals surface area contributed by atoms with Crippen molar-refractivity contribution in [2.24, 2.45) is 0 Å². The molecule has 1 aromatic carbocycles. The number of aryl methyl sites for hydroxylation is 1. The second kappa shape index (κ2) is 5.40. The maximum absolute atomic E-state index is 12.1. The summed E-state index contributed by atoms with van der Waals surface area (Å²) in [6, 6.07) is 13.7. The number of imidazole rings is 1. The predicted molar refractivity (Wildman–Crippen MR) is 81.3 cm³/mol. The zero-order valence-electron chi connectivity index (χ0n) is 12.0. The number of nitrogens with zero attached hydrogens (tertiary/aromatic N) is 2. The number of carbonyl (C=O) groups is 1. The number of pyridine rings is 1. The van der Waals surface area contributed by atoms with Gasteiger partial charge in [-0.25, -0.2) is 9.78 Å². The van der Waals surface area contributed by atoms with Gasteiger partial charge in [-0.05, 0) is 31.5 Å². The lowest BCUT2D eigenvalue weighted by Crippen LogP contribution is -2.05. The minimum Gasteiger partial charge on any atom is -0.461 e. The smallest absolute Gasteiger partial charge is 0.359 e. The zero-order valence-corrected chi connectivity index (χ0v) is 12.0. The SMILES string of the molecule is CCOC(=O)c1nc(-c2ccccc2C)n2ccccc12. The lowest BCUT2D eigenvalue weighted by Gasteiger charge is -2.04. The van der Waals surface area contributed by atoms with Crippen molar-refractivity contribution in [2.75, 3.05) is 6.61 Å². The van der Waals surface area contributed by atoms with Crippen LogP contribution in [0.2, 0.25) is 0 Å². The van der Waals surface area contributed by atoms with Gasteiger partial charge in [0.2, 0.25) is 0 Å². The van der Waals surface area contributed by atoms with E-state index >= 15 is 0 Å². The van der Waals surface area contributed by atoms with Gasteiger partial charge in [-0.2, -0.15) is 0 Å². The number of ether oxygens (including phenoxy) is 1. The van der Waals surface area contributed by atoms with E-state index in [1.165, 1.54) is 0 Å². The van der Waals surface area contributed by atoms with Crippen LogP contribution in [0, 0.1) is 6.92 Å². The maximum atomic E-state index is 12.1. The third kappa shape index (κ3) is 2.29. The first kappa shape index (κ1) is 13.4. The van der Waals surface area contributed by atoms with Crippen molar-refractivity contribution in [2.45, 2.75) is 13.8 Å². The second-order valence-electron chi connectivity index (χ2n) is 4.78. The van der Waals surface area contributed by atoms with E-state index in [9.17, 15) is 4.79 Å². The summed E-state index contributed by atoms with van der Waals surface area (Å²) in [6.45, 7) is 4.16. The molecular weight excluding hydrogens is 264 g/mol. The molecule has 0 saturated carbocycles. The fourth-order valence-corrected chi connectivity index (χ4v) is 2.40. The molecule has 0 amide bonds. The van der Waals surface area contributed by atoms with Crippen molar-refractivity contribution in [1.82, 2.24) is 9.38 Å². The van der Waals surface area contributed by atoms with Crippen molar-refractivity contribution < 1.29 is 9.53 Å². The summed E-state index contributed by atoms with van der Waals surface area (Å²) in [6.07, 6.45) is 1.91. The monoisotopic (exact) mass is 280 g/mol. The molecule has 2 heterocycles. The molecule has 0 aliphatic rings. The van der Waals surface area contributed by atoms with Gasteiger partial charge in [-0.1, -0.05) is 30.3 Å². The Balaban J connectivity index is 2.25. The maximum Gasteiger partial charge on any atom is 0.359 e. The minimum absolute atomic E-state index is 0.338.